The number of pyridine rings is 2. The molecule has 0 spiro atoms. The lowest BCUT2D eigenvalue weighted by molar-refractivity contribution is -0.117. The van der Waals surface area contributed by atoms with Gasteiger partial charge in [-0.2, -0.15) is 0 Å². The number of nitrogens with zero attached hydrogens (tertiary/aromatic N) is 4. The minimum Gasteiger partial charge on any atom is -0.484 e. The van der Waals surface area contributed by atoms with Crippen LogP contribution in [0.2, 0.25) is 5.02 Å². The number of carbonyl (C=O) groups is 2. The van der Waals surface area contributed by atoms with Gasteiger partial charge in [0.25, 0.3) is 0 Å². The Bertz CT molecular complexity index is 1490. The topological polar surface area (TPSA) is 87.7 Å². The van der Waals surface area contributed by atoms with Crippen LogP contribution in [0.25, 0.3) is 0 Å². The number of aromatic nitrogens is 2. The third-order valence-corrected chi connectivity index (χ3v) is 8.02. The van der Waals surface area contributed by atoms with Crippen molar-refractivity contribution in [1.29, 1.82) is 0 Å². The molecule has 3 aromatic rings. The zero-order valence-corrected chi connectivity index (χ0v) is 21.3. The molecule has 7 rings (SSSR count). The van der Waals surface area contributed by atoms with Crippen molar-refractivity contribution < 1.29 is 18.7 Å². The highest BCUT2D eigenvalue weighted by Gasteiger charge is 2.37. The molecule has 0 radical (unpaired) electrons. The summed E-state index contributed by atoms with van der Waals surface area (Å²) in [4.78, 5) is 38.1. The molecule has 1 saturated heterocycles. The molecule has 1 unspecified atom stereocenters. The molecule has 1 aromatic carbocycles. The molecule has 194 valence electrons. The van der Waals surface area contributed by atoms with Crippen molar-refractivity contribution in [2.45, 2.75) is 57.1 Å². The van der Waals surface area contributed by atoms with Crippen LogP contribution < -0.4 is 19.9 Å². The first-order chi connectivity index (χ1) is 18.5. The predicted molar refractivity (Wildman–Crippen MR) is 140 cm³/mol. The summed E-state index contributed by atoms with van der Waals surface area (Å²) in [6.07, 6.45) is 5.65. The molecule has 1 saturated carbocycles. The first kappa shape index (κ1) is 23.4. The van der Waals surface area contributed by atoms with Crippen molar-refractivity contribution in [3.8, 4) is 5.75 Å². The summed E-state index contributed by atoms with van der Waals surface area (Å²) in [6.45, 7) is 0.938. The maximum absolute atomic E-state index is 14.4. The lowest BCUT2D eigenvalue weighted by atomic mass is 9.98. The average molecular weight is 534 g/mol. The number of aryl methyl sites for hydroxylation is 1. The Morgan fingerprint density at radius 2 is 1.95 bits per heavy atom. The number of nitrogens with one attached hydrogen (secondary N) is 1. The van der Waals surface area contributed by atoms with Gasteiger partial charge in [-0.1, -0.05) is 11.6 Å². The Morgan fingerprint density at radius 3 is 2.71 bits per heavy atom. The van der Waals surface area contributed by atoms with E-state index in [-0.39, 0.29) is 17.6 Å². The third-order valence-electron chi connectivity index (χ3n) is 7.72. The lowest BCUT2D eigenvalue weighted by Gasteiger charge is -2.33. The zero-order valence-electron chi connectivity index (χ0n) is 20.5. The van der Waals surface area contributed by atoms with Crippen LogP contribution in [0.1, 0.15) is 66.6 Å². The summed E-state index contributed by atoms with van der Waals surface area (Å²) in [5, 5.41) is 3.45. The zero-order chi connectivity index (χ0) is 26.0. The van der Waals surface area contributed by atoms with E-state index >= 15 is 0 Å². The summed E-state index contributed by atoms with van der Waals surface area (Å²) in [5.74, 6) is 1.14. The smallest absolute Gasteiger partial charge is 0.326 e. The molecule has 1 N–H and O–H groups in total. The van der Waals surface area contributed by atoms with Crippen LogP contribution in [0.4, 0.5) is 26.4 Å². The molecule has 3 aliphatic heterocycles. The van der Waals surface area contributed by atoms with Gasteiger partial charge >= 0.3 is 6.03 Å². The molecular formula is C28H25ClFN5O3. The molecule has 1 atom stereocenters. The van der Waals surface area contributed by atoms with Crippen LogP contribution in [0.5, 0.6) is 5.75 Å². The maximum Gasteiger partial charge on any atom is 0.326 e. The van der Waals surface area contributed by atoms with E-state index in [4.69, 9.17) is 21.3 Å². The Hall–Kier alpha value is -3.72. The molecule has 38 heavy (non-hydrogen) atoms. The number of benzene rings is 1. The van der Waals surface area contributed by atoms with Gasteiger partial charge in [-0.3, -0.25) is 19.6 Å². The quantitative estimate of drug-likeness (QED) is 0.451. The summed E-state index contributed by atoms with van der Waals surface area (Å²) < 4.78 is 20.6. The van der Waals surface area contributed by atoms with Gasteiger partial charge in [-0.15, -0.1) is 0 Å². The molecule has 5 heterocycles. The molecule has 2 aromatic heterocycles. The fraction of sp³-hybridized carbons (Fsp3) is 0.357. The predicted octanol–water partition coefficient (Wildman–Crippen LogP) is 5.89. The maximum atomic E-state index is 14.4. The summed E-state index contributed by atoms with van der Waals surface area (Å²) in [5.41, 5.74) is 4.24. The van der Waals surface area contributed by atoms with E-state index in [1.54, 1.807) is 28.1 Å². The molecular weight excluding hydrogens is 509 g/mol. The lowest BCUT2D eigenvalue weighted by Crippen LogP contribution is -2.40. The number of amides is 3. The summed E-state index contributed by atoms with van der Waals surface area (Å²) in [7, 11) is 0. The molecule has 2 fully saturated rings. The third kappa shape index (κ3) is 3.96. The largest absolute Gasteiger partial charge is 0.484 e. The number of carbonyl (C=O) groups excluding carboxylic acids is 2. The van der Waals surface area contributed by atoms with E-state index in [2.05, 4.69) is 10.3 Å². The molecule has 1 aliphatic carbocycles. The number of fused-ring (bicyclic) bond motifs is 2. The van der Waals surface area contributed by atoms with Crippen LogP contribution in [-0.4, -0.2) is 28.5 Å². The number of anilines is 3. The normalized spacial score (nSPS) is 20.6. The number of urea groups is 1. The molecule has 10 heteroatoms. The first-order valence-corrected chi connectivity index (χ1v) is 13.4. The number of rotatable bonds is 4. The van der Waals surface area contributed by atoms with E-state index in [0.29, 0.717) is 66.2 Å². The molecule has 3 amide bonds. The second kappa shape index (κ2) is 8.94. The minimum absolute atomic E-state index is 0.0627. The van der Waals surface area contributed by atoms with Crippen molar-refractivity contribution >= 4 is 40.7 Å². The second-order valence-electron chi connectivity index (χ2n) is 10.3. The van der Waals surface area contributed by atoms with Crippen molar-refractivity contribution in [2.75, 3.05) is 21.7 Å². The van der Waals surface area contributed by atoms with E-state index < -0.39 is 11.9 Å². The fourth-order valence-corrected chi connectivity index (χ4v) is 5.90. The van der Waals surface area contributed by atoms with Crippen LogP contribution in [0.15, 0.2) is 36.5 Å². The highest BCUT2D eigenvalue weighted by atomic mass is 35.5. The Labute approximate surface area is 223 Å². The Morgan fingerprint density at radius 1 is 1.08 bits per heavy atom. The van der Waals surface area contributed by atoms with Gasteiger partial charge in [0.05, 0.1) is 28.6 Å². The average Bonchev–Trinajstić information content (AvgIpc) is 3.67. The SMILES string of the molecule is O=C1CCCN1c1cc2c(c(C3CC3)n1)CN(c1cc3c(cc1Cl)CCC(c1ncccc1F)O3)C(=O)N2. The number of hydrogen-bond donors (Lipinski definition) is 1. The minimum atomic E-state index is -0.522. The van der Waals surface area contributed by atoms with Crippen LogP contribution in [0, 0.1) is 5.82 Å². The van der Waals surface area contributed by atoms with Crippen molar-refractivity contribution in [2.24, 2.45) is 0 Å². The Balaban J connectivity index is 1.23. The van der Waals surface area contributed by atoms with Crippen molar-refractivity contribution in [3.05, 3.63) is 69.9 Å². The second-order valence-corrected chi connectivity index (χ2v) is 10.7. The van der Waals surface area contributed by atoms with Crippen LogP contribution >= 0.6 is 11.6 Å². The van der Waals surface area contributed by atoms with Crippen LogP contribution in [-0.2, 0) is 17.8 Å². The fourth-order valence-electron chi connectivity index (χ4n) is 5.61. The van der Waals surface area contributed by atoms with Gasteiger partial charge in [0.2, 0.25) is 5.91 Å². The first-order valence-electron chi connectivity index (χ1n) is 13.0. The molecule has 0 bridgehead atoms. The van der Waals surface area contributed by atoms with Gasteiger partial charge in [0, 0.05) is 42.8 Å². The van der Waals surface area contributed by atoms with E-state index in [1.165, 1.54) is 6.07 Å². The van der Waals surface area contributed by atoms with Gasteiger partial charge < -0.3 is 10.1 Å². The van der Waals surface area contributed by atoms with E-state index in [0.717, 1.165) is 36.1 Å². The van der Waals surface area contributed by atoms with Gasteiger partial charge in [0.1, 0.15) is 29.2 Å². The Kier molecular flexibility index (Phi) is 5.51. The molecule has 4 aliphatic rings. The van der Waals surface area contributed by atoms with Crippen molar-refractivity contribution in [3.63, 3.8) is 0 Å². The number of halogens is 2. The number of ether oxygens (including phenoxy) is 1. The van der Waals surface area contributed by atoms with Gasteiger partial charge in [-0.25, -0.2) is 14.2 Å². The monoisotopic (exact) mass is 533 g/mol. The van der Waals surface area contributed by atoms with Gasteiger partial charge in [-0.05, 0) is 55.9 Å². The standard InChI is InChI=1S/C28H25ClFN5O3/c29-18-11-16-7-8-22(27-19(30)3-1-9-31-27)38-23(16)13-21(18)35-14-17-20(32-28(35)37)12-24(33-26(17)15-5-6-15)34-10-2-4-25(34)36/h1,3,9,11-13,15,22H,2,4-8,10,14H2,(H,32,37). The van der Waals surface area contributed by atoms with E-state index in [9.17, 15) is 14.0 Å². The van der Waals surface area contributed by atoms with Crippen LogP contribution in [0.3, 0.4) is 0 Å². The van der Waals surface area contributed by atoms with Gasteiger partial charge in [0.15, 0.2) is 0 Å². The number of hydrogen-bond acceptors (Lipinski definition) is 5. The van der Waals surface area contributed by atoms with E-state index in [1.807, 2.05) is 12.1 Å². The summed E-state index contributed by atoms with van der Waals surface area (Å²) >= 11 is 6.70. The highest BCUT2D eigenvalue weighted by Crippen LogP contribution is 2.47. The summed E-state index contributed by atoms with van der Waals surface area (Å²) in [6, 6.07) is 7.99. The van der Waals surface area contributed by atoms with Crippen molar-refractivity contribution in [1.82, 2.24) is 9.97 Å². The molecule has 8 nitrogen and oxygen atoms in total. The highest BCUT2D eigenvalue weighted by molar-refractivity contribution is 6.34.